The van der Waals surface area contributed by atoms with Crippen molar-refractivity contribution in [1.82, 2.24) is 21.3 Å². The zero-order chi connectivity index (χ0) is 22.9. The van der Waals surface area contributed by atoms with Crippen LogP contribution in [0.2, 0.25) is 0 Å². The molecule has 0 spiro atoms. The predicted molar refractivity (Wildman–Crippen MR) is 126 cm³/mol. The van der Waals surface area contributed by atoms with Gasteiger partial charge in [0.2, 0.25) is 0 Å². The fourth-order valence-corrected chi connectivity index (χ4v) is 5.66. The summed E-state index contributed by atoms with van der Waals surface area (Å²) in [7, 11) is 0. The lowest BCUT2D eigenvalue weighted by atomic mass is 10.0. The van der Waals surface area contributed by atoms with Crippen LogP contribution in [0.5, 0.6) is 0 Å². The van der Waals surface area contributed by atoms with Crippen molar-refractivity contribution in [2.24, 2.45) is 0 Å². The number of hydrogen-bond donors (Lipinski definition) is 6. The zero-order valence-corrected chi connectivity index (χ0v) is 19.0. The summed E-state index contributed by atoms with van der Waals surface area (Å²) in [4.78, 5) is 34.5. The second-order valence-corrected chi connectivity index (χ2v) is 9.56. The van der Waals surface area contributed by atoms with Gasteiger partial charge in [-0.05, 0) is 57.0 Å². The van der Waals surface area contributed by atoms with Crippen LogP contribution in [0.1, 0.15) is 59.2 Å². The number of carboxylic acids is 1. The Morgan fingerprint density at radius 1 is 1.09 bits per heavy atom. The Kier molecular flexibility index (Phi) is 9.04. The fourth-order valence-electron chi connectivity index (χ4n) is 4.12. The van der Waals surface area contributed by atoms with E-state index in [1.165, 1.54) is 31.0 Å². The number of rotatable bonds is 13. The van der Waals surface area contributed by atoms with E-state index in [4.69, 9.17) is 10.8 Å². The zero-order valence-electron chi connectivity index (χ0n) is 18.2. The standard InChI is InChI=1S/C22H33N5O4S/c23-16-12-14(7-8-15(16)21(29)30)20(28)25-11-5-4-10-24-9-3-1-2-6-18-19-17(13-32-18)26-22(31)27-19/h7-8,12,17-19,24H,1-6,9-11,13,23H2,(H,25,28)(H,29,30)(H2,26,27,31)/t17-,18-,19-/m0/s1. The molecule has 0 saturated carbocycles. The number of thioether (sulfide) groups is 1. The van der Waals surface area contributed by atoms with Gasteiger partial charge in [0.1, 0.15) is 0 Å². The highest BCUT2D eigenvalue weighted by molar-refractivity contribution is 8.00. The molecule has 2 aliphatic rings. The molecule has 0 unspecified atom stereocenters. The van der Waals surface area contributed by atoms with Gasteiger partial charge in [-0.3, -0.25) is 4.79 Å². The van der Waals surface area contributed by atoms with Crippen molar-refractivity contribution in [3.8, 4) is 0 Å². The maximum Gasteiger partial charge on any atom is 0.337 e. The molecule has 9 nitrogen and oxygen atoms in total. The van der Waals surface area contributed by atoms with Gasteiger partial charge in [-0.15, -0.1) is 0 Å². The minimum Gasteiger partial charge on any atom is -0.478 e. The first kappa shape index (κ1) is 24.2. The fraction of sp³-hybridized carbons (Fsp3) is 0.591. The number of urea groups is 1. The number of nitrogens with two attached hydrogens (primary N) is 1. The summed E-state index contributed by atoms with van der Waals surface area (Å²) in [6.07, 6.45) is 6.49. The van der Waals surface area contributed by atoms with Gasteiger partial charge in [-0.2, -0.15) is 11.8 Å². The number of carboxylic acid groups (broad SMARTS) is 1. The molecule has 0 aromatic heterocycles. The SMILES string of the molecule is Nc1cc(C(=O)NCCCCNCCCCC[C@@H]2SC[C@@H]3NC(=O)N[C@@H]32)ccc1C(=O)O. The molecule has 2 heterocycles. The average Bonchev–Trinajstić information content (AvgIpc) is 3.30. The highest BCUT2D eigenvalue weighted by atomic mass is 32.2. The number of nitrogens with one attached hydrogen (secondary N) is 4. The molecule has 3 amide bonds. The highest BCUT2D eigenvalue weighted by Gasteiger charge is 2.42. The minimum absolute atomic E-state index is 0.00157. The molecule has 2 fully saturated rings. The Bertz CT molecular complexity index is 822. The van der Waals surface area contributed by atoms with Gasteiger partial charge in [-0.25, -0.2) is 9.59 Å². The first-order valence-corrected chi connectivity index (χ1v) is 12.3. The number of unbranched alkanes of at least 4 members (excludes halogenated alkanes) is 3. The molecule has 2 aliphatic heterocycles. The van der Waals surface area contributed by atoms with Crippen LogP contribution in [-0.2, 0) is 0 Å². The van der Waals surface area contributed by atoms with Crippen LogP contribution in [0.4, 0.5) is 10.5 Å². The summed E-state index contributed by atoms with van der Waals surface area (Å²) < 4.78 is 0. The number of anilines is 1. The van der Waals surface area contributed by atoms with E-state index in [9.17, 15) is 14.4 Å². The van der Waals surface area contributed by atoms with E-state index in [1.54, 1.807) is 0 Å². The van der Waals surface area contributed by atoms with Gasteiger partial charge in [0.25, 0.3) is 5.91 Å². The Hall–Kier alpha value is -2.46. The highest BCUT2D eigenvalue weighted by Crippen LogP contribution is 2.33. The largest absolute Gasteiger partial charge is 0.478 e. The summed E-state index contributed by atoms with van der Waals surface area (Å²) in [5.41, 5.74) is 6.13. The maximum absolute atomic E-state index is 12.1. The monoisotopic (exact) mass is 463 g/mol. The lowest BCUT2D eigenvalue weighted by molar-refractivity contribution is 0.0697. The van der Waals surface area contributed by atoms with Crippen molar-refractivity contribution in [3.63, 3.8) is 0 Å². The smallest absolute Gasteiger partial charge is 0.337 e. The van der Waals surface area contributed by atoms with Crippen LogP contribution in [-0.4, -0.2) is 65.7 Å². The van der Waals surface area contributed by atoms with Gasteiger partial charge in [0, 0.05) is 28.8 Å². The second kappa shape index (κ2) is 12.0. The number of nitrogen functional groups attached to an aromatic ring is 1. The molecule has 7 N–H and O–H groups in total. The third-order valence-corrected chi connectivity index (χ3v) is 7.40. The van der Waals surface area contributed by atoms with Crippen molar-refractivity contribution in [1.29, 1.82) is 0 Å². The van der Waals surface area contributed by atoms with Gasteiger partial charge in [-0.1, -0.05) is 12.8 Å². The first-order valence-electron chi connectivity index (χ1n) is 11.3. The van der Waals surface area contributed by atoms with Crippen molar-refractivity contribution >= 4 is 35.4 Å². The van der Waals surface area contributed by atoms with Crippen molar-refractivity contribution in [3.05, 3.63) is 29.3 Å². The minimum atomic E-state index is -1.11. The second-order valence-electron chi connectivity index (χ2n) is 8.29. The van der Waals surface area contributed by atoms with E-state index in [1.807, 2.05) is 11.8 Å². The van der Waals surface area contributed by atoms with E-state index in [2.05, 4.69) is 21.3 Å². The quantitative estimate of drug-likeness (QED) is 0.149. The molecule has 0 radical (unpaired) electrons. The van der Waals surface area contributed by atoms with Gasteiger partial charge in [0.15, 0.2) is 0 Å². The molecule has 3 rings (SSSR count). The van der Waals surface area contributed by atoms with Crippen LogP contribution < -0.4 is 27.0 Å². The molecule has 3 atom stereocenters. The van der Waals surface area contributed by atoms with Crippen LogP contribution >= 0.6 is 11.8 Å². The molecule has 0 aliphatic carbocycles. The summed E-state index contributed by atoms with van der Waals surface area (Å²) in [6, 6.07) is 4.80. The number of hydrogen-bond acceptors (Lipinski definition) is 6. The molecular weight excluding hydrogens is 430 g/mol. The van der Waals surface area contributed by atoms with Crippen molar-refractivity contribution in [2.75, 3.05) is 31.1 Å². The lowest BCUT2D eigenvalue weighted by Gasteiger charge is -2.16. The third kappa shape index (κ3) is 6.77. The molecule has 32 heavy (non-hydrogen) atoms. The molecule has 2 saturated heterocycles. The molecule has 10 heteroatoms. The molecule has 0 bridgehead atoms. The summed E-state index contributed by atoms with van der Waals surface area (Å²) in [6.45, 7) is 2.47. The van der Waals surface area contributed by atoms with Crippen molar-refractivity contribution < 1.29 is 19.5 Å². The lowest BCUT2D eigenvalue weighted by Crippen LogP contribution is -2.36. The molecule has 176 valence electrons. The predicted octanol–water partition coefficient (Wildman–Crippen LogP) is 1.79. The number of carbonyl (C=O) groups excluding carboxylic acids is 2. The molecule has 1 aromatic rings. The number of amides is 3. The summed E-state index contributed by atoms with van der Waals surface area (Å²) in [5.74, 6) is -0.341. The van der Waals surface area contributed by atoms with Crippen LogP contribution in [0.25, 0.3) is 0 Å². The van der Waals surface area contributed by atoms with Crippen LogP contribution in [0, 0.1) is 0 Å². The number of fused-ring (bicyclic) bond motifs is 1. The van der Waals surface area contributed by atoms with Crippen LogP contribution in [0.3, 0.4) is 0 Å². The van der Waals surface area contributed by atoms with Gasteiger partial charge >= 0.3 is 12.0 Å². The van der Waals surface area contributed by atoms with Crippen molar-refractivity contribution in [2.45, 2.75) is 55.9 Å². The Balaban J connectivity index is 1.16. The van der Waals surface area contributed by atoms with E-state index in [0.717, 1.165) is 44.5 Å². The van der Waals surface area contributed by atoms with E-state index in [-0.39, 0.29) is 23.2 Å². The maximum atomic E-state index is 12.1. The average molecular weight is 464 g/mol. The molecular formula is C22H33N5O4S. The van der Waals surface area contributed by atoms with E-state index in [0.29, 0.717) is 29.4 Å². The summed E-state index contributed by atoms with van der Waals surface area (Å²) in [5, 5.41) is 21.8. The normalized spacial score (nSPS) is 21.6. The van der Waals surface area contributed by atoms with Gasteiger partial charge in [0.05, 0.1) is 17.6 Å². The third-order valence-electron chi connectivity index (χ3n) is 5.89. The topological polar surface area (TPSA) is 146 Å². The Labute approximate surface area is 192 Å². The van der Waals surface area contributed by atoms with E-state index >= 15 is 0 Å². The van der Waals surface area contributed by atoms with Gasteiger partial charge < -0.3 is 32.1 Å². The molecule has 1 aromatic carbocycles. The summed E-state index contributed by atoms with van der Waals surface area (Å²) >= 11 is 1.97. The Morgan fingerprint density at radius 2 is 1.84 bits per heavy atom. The van der Waals surface area contributed by atoms with Crippen LogP contribution in [0.15, 0.2) is 18.2 Å². The first-order chi connectivity index (χ1) is 15.5. The Morgan fingerprint density at radius 3 is 2.59 bits per heavy atom. The number of benzene rings is 1. The number of carbonyl (C=O) groups is 3. The van der Waals surface area contributed by atoms with E-state index < -0.39 is 5.97 Å². The number of aromatic carboxylic acids is 1.